The van der Waals surface area contributed by atoms with E-state index < -0.39 is 0 Å². The molecule has 0 saturated heterocycles. The Morgan fingerprint density at radius 3 is 2.65 bits per heavy atom. The molecule has 1 nitrogen and oxygen atoms in total. The molecule has 0 spiro atoms. The van der Waals surface area contributed by atoms with Gasteiger partial charge in [-0.2, -0.15) is 0 Å². The van der Waals surface area contributed by atoms with Gasteiger partial charge in [-0.3, -0.25) is 4.79 Å². The summed E-state index contributed by atoms with van der Waals surface area (Å²) in [5.41, 5.74) is 1.48. The highest BCUT2D eigenvalue weighted by Gasteiger charge is 2.09. The van der Waals surface area contributed by atoms with Gasteiger partial charge in [0, 0.05) is 11.1 Å². The van der Waals surface area contributed by atoms with Crippen molar-refractivity contribution in [1.29, 1.82) is 0 Å². The summed E-state index contributed by atoms with van der Waals surface area (Å²) < 4.78 is 14.2. The van der Waals surface area contributed by atoms with Crippen LogP contribution in [0.1, 0.15) is 10.4 Å². The first-order valence-corrected chi connectivity index (χ1v) is 5.99. The smallest absolute Gasteiger partial charge is 0.151 e. The Kier molecular flexibility index (Phi) is 3.60. The average molecular weight is 314 g/mol. The Morgan fingerprint density at radius 1 is 1.24 bits per heavy atom. The molecule has 0 atom stereocenters. The van der Waals surface area contributed by atoms with E-state index in [0.717, 1.165) is 0 Å². The fraction of sp³-hybridized carbons (Fsp3) is 0. The molecule has 2 aromatic carbocycles. The molecule has 0 aliphatic heterocycles. The van der Waals surface area contributed by atoms with Gasteiger partial charge in [0.1, 0.15) is 5.82 Å². The molecule has 0 saturated carbocycles. The molecule has 0 amide bonds. The molecule has 0 aliphatic rings. The van der Waals surface area contributed by atoms with Crippen molar-refractivity contribution < 1.29 is 9.18 Å². The minimum absolute atomic E-state index is 0.317. The van der Waals surface area contributed by atoms with Gasteiger partial charge in [-0.15, -0.1) is 0 Å². The van der Waals surface area contributed by atoms with Gasteiger partial charge in [0.15, 0.2) is 6.29 Å². The first kappa shape index (κ1) is 12.3. The third kappa shape index (κ3) is 2.40. The molecule has 17 heavy (non-hydrogen) atoms. The van der Waals surface area contributed by atoms with Crippen molar-refractivity contribution in [1.82, 2.24) is 0 Å². The highest BCUT2D eigenvalue weighted by Crippen LogP contribution is 2.30. The maximum atomic E-state index is 13.8. The summed E-state index contributed by atoms with van der Waals surface area (Å²) in [6.07, 6.45) is 0.670. The number of carbonyl (C=O) groups excluding carboxylic acids is 1. The van der Waals surface area contributed by atoms with Crippen molar-refractivity contribution in [2.75, 3.05) is 0 Å². The van der Waals surface area contributed by atoms with Crippen LogP contribution in [0, 0.1) is 5.82 Å². The number of carbonyl (C=O) groups is 1. The quantitative estimate of drug-likeness (QED) is 0.733. The molecule has 2 aromatic rings. The highest BCUT2D eigenvalue weighted by atomic mass is 79.9. The number of halogens is 3. The molecule has 4 heteroatoms. The Hall–Kier alpha value is -1.19. The average Bonchev–Trinajstić information content (AvgIpc) is 2.32. The minimum atomic E-state index is -0.345. The summed E-state index contributed by atoms with van der Waals surface area (Å²) in [5, 5.41) is 0.317. The van der Waals surface area contributed by atoms with Gasteiger partial charge >= 0.3 is 0 Å². The second-order valence-corrected chi connectivity index (χ2v) is 4.72. The zero-order valence-corrected chi connectivity index (χ0v) is 10.9. The van der Waals surface area contributed by atoms with Crippen LogP contribution in [0.4, 0.5) is 4.39 Å². The molecular formula is C13H7BrClFO. The van der Waals surface area contributed by atoms with Crippen molar-refractivity contribution in [2.45, 2.75) is 0 Å². The number of benzene rings is 2. The van der Waals surface area contributed by atoms with Gasteiger partial charge in [0.05, 0.1) is 9.50 Å². The predicted molar refractivity (Wildman–Crippen MR) is 69.9 cm³/mol. The fourth-order valence-electron chi connectivity index (χ4n) is 1.52. The number of hydrogen-bond donors (Lipinski definition) is 0. The van der Waals surface area contributed by atoms with Crippen LogP contribution in [0.15, 0.2) is 40.9 Å². The highest BCUT2D eigenvalue weighted by molar-refractivity contribution is 9.10. The van der Waals surface area contributed by atoms with Crippen LogP contribution in [0.5, 0.6) is 0 Å². The summed E-state index contributed by atoms with van der Waals surface area (Å²) in [4.78, 5) is 10.6. The van der Waals surface area contributed by atoms with Crippen molar-refractivity contribution in [2.24, 2.45) is 0 Å². The van der Waals surface area contributed by atoms with Crippen LogP contribution < -0.4 is 0 Å². The Balaban J connectivity index is 2.57. The predicted octanol–water partition coefficient (Wildman–Crippen LogP) is 4.72. The molecular weight excluding hydrogens is 306 g/mol. The fourth-order valence-corrected chi connectivity index (χ4v) is 2.11. The third-order valence-corrected chi connectivity index (χ3v) is 3.33. The van der Waals surface area contributed by atoms with E-state index in [9.17, 15) is 9.18 Å². The number of rotatable bonds is 2. The van der Waals surface area contributed by atoms with E-state index in [2.05, 4.69) is 15.9 Å². The summed E-state index contributed by atoms with van der Waals surface area (Å²) in [5.74, 6) is -0.345. The van der Waals surface area contributed by atoms with Crippen LogP contribution in [0.25, 0.3) is 11.1 Å². The Labute approximate surface area is 111 Å². The summed E-state index contributed by atoms with van der Waals surface area (Å²) >= 11 is 9.03. The van der Waals surface area contributed by atoms with E-state index in [-0.39, 0.29) is 5.82 Å². The van der Waals surface area contributed by atoms with Crippen LogP contribution in [-0.2, 0) is 0 Å². The first-order chi connectivity index (χ1) is 8.13. The third-order valence-electron chi connectivity index (χ3n) is 2.39. The van der Waals surface area contributed by atoms with E-state index in [4.69, 9.17) is 11.6 Å². The molecule has 0 aliphatic carbocycles. The van der Waals surface area contributed by atoms with Gasteiger partial charge in [0.25, 0.3) is 0 Å². The maximum absolute atomic E-state index is 13.8. The molecule has 0 fully saturated rings. The monoisotopic (exact) mass is 312 g/mol. The minimum Gasteiger partial charge on any atom is -0.298 e. The van der Waals surface area contributed by atoms with Crippen LogP contribution >= 0.6 is 27.5 Å². The summed E-state index contributed by atoms with van der Waals surface area (Å²) in [7, 11) is 0. The molecule has 0 unspecified atom stereocenters. The second kappa shape index (κ2) is 4.98. The maximum Gasteiger partial charge on any atom is 0.151 e. The van der Waals surface area contributed by atoms with Crippen molar-refractivity contribution in [3.05, 3.63) is 57.3 Å². The molecule has 2 rings (SSSR count). The molecule has 0 heterocycles. The van der Waals surface area contributed by atoms with Crippen LogP contribution in [0.3, 0.4) is 0 Å². The summed E-state index contributed by atoms with van der Waals surface area (Å²) in [6.45, 7) is 0. The molecule has 0 aromatic heterocycles. The Bertz CT molecular complexity index is 584. The van der Waals surface area contributed by atoms with Gasteiger partial charge in [-0.25, -0.2) is 4.39 Å². The topological polar surface area (TPSA) is 17.1 Å². The second-order valence-electron chi connectivity index (χ2n) is 3.46. The largest absolute Gasteiger partial charge is 0.298 e. The molecule has 0 radical (unpaired) electrons. The van der Waals surface area contributed by atoms with Crippen LogP contribution in [0.2, 0.25) is 5.02 Å². The van der Waals surface area contributed by atoms with E-state index >= 15 is 0 Å². The van der Waals surface area contributed by atoms with Crippen molar-refractivity contribution in [3.63, 3.8) is 0 Å². The van der Waals surface area contributed by atoms with Crippen molar-refractivity contribution in [3.8, 4) is 11.1 Å². The lowest BCUT2D eigenvalue weighted by Gasteiger charge is -2.06. The lowest BCUT2D eigenvalue weighted by molar-refractivity contribution is 0.112. The van der Waals surface area contributed by atoms with Gasteiger partial charge in [0.2, 0.25) is 0 Å². The van der Waals surface area contributed by atoms with Gasteiger partial charge in [-0.05, 0) is 39.7 Å². The lowest BCUT2D eigenvalue weighted by Crippen LogP contribution is -1.88. The van der Waals surface area contributed by atoms with Gasteiger partial charge < -0.3 is 0 Å². The van der Waals surface area contributed by atoms with E-state index in [0.29, 0.717) is 32.5 Å². The number of aldehydes is 1. The molecule has 86 valence electrons. The van der Waals surface area contributed by atoms with Crippen LogP contribution in [-0.4, -0.2) is 6.29 Å². The Morgan fingerprint density at radius 2 is 2.00 bits per heavy atom. The summed E-state index contributed by atoms with van der Waals surface area (Å²) in [6, 6.07) is 9.85. The first-order valence-electron chi connectivity index (χ1n) is 4.82. The molecule has 0 bridgehead atoms. The lowest BCUT2D eigenvalue weighted by atomic mass is 10.0. The van der Waals surface area contributed by atoms with Crippen molar-refractivity contribution >= 4 is 33.8 Å². The normalized spacial score (nSPS) is 10.3. The number of hydrogen-bond acceptors (Lipinski definition) is 1. The molecule has 0 N–H and O–H groups in total. The van der Waals surface area contributed by atoms with E-state index in [1.165, 1.54) is 0 Å². The SMILES string of the molecule is O=Cc1ccc(-c2cccc(Br)c2F)cc1Cl. The van der Waals surface area contributed by atoms with E-state index in [1.807, 2.05) is 0 Å². The standard InChI is InChI=1S/C13H7BrClFO/c14-11-3-1-2-10(13(11)16)8-4-5-9(7-17)12(15)6-8/h1-7H. The zero-order chi connectivity index (χ0) is 12.4. The van der Waals surface area contributed by atoms with Gasteiger partial charge in [-0.1, -0.05) is 29.8 Å². The zero-order valence-electron chi connectivity index (χ0n) is 8.58. The van der Waals surface area contributed by atoms with E-state index in [1.54, 1.807) is 36.4 Å².